The van der Waals surface area contributed by atoms with Crippen molar-refractivity contribution in [2.75, 3.05) is 0 Å². The van der Waals surface area contributed by atoms with Gasteiger partial charge in [-0.3, -0.25) is 4.79 Å². The molecule has 1 nitrogen and oxygen atoms in total. The summed E-state index contributed by atoms with van der Waals surface area (Å²) in [6.07, 6.45) is 2.33. The molecule has 0 saturated heterocycles. The SMILES string of the molecule is O=C(Cc1ccc(F)cc1Cl)C1CC1. The molecule has 0 spiro atoms. The molecule has 2 rings (SSSR count). The lowest BCUT2D eigenvalue weighted by Gasteiger charge is -2.02. The Hall–Kier alpha value is -0.890. The normalized spacial score (nSPS) is 15.6. The predicted octanol–water partition coefficient (Wildman–Crippen LogP) is 3.00. The molecule has 0 atom stereocenters. The Labute approximate surface area is 86.9 Å². The fraction of sp³-hybridized carbons (Fsp3) is 0.364. The highest BCUT2D eigenvalue weighted by Gasteiger charge is 2.29. The Morgan fingerprint density at radius 3 is 2.79 bits per heavy atom. The minimum atomic E-state index is -0.363. The molecule has 0 aliphatic heterocycles. The van der Waals surface area contributed by atoms with Gasteiger partial charge < -0.3 is 0 Å². The van der Waals surface area contributed by atoms with E-state index in [1.54, 1.807) is 6.07 Å². The van der Waals surface area contributed by atoms with E-state index in [0.717, 1.165) is 18.4 Å². The van der Waals surface area contributed by atoms with Crippen LogP contribution >= 0.6 is 11.6 Å². The first-order valence-corrected chi connectivity index (χ1v) is 5.01. The average molecular weight is 213 g/mol. The first kappa shape index (κ1) is 9.66. The highest BCUT2D eigenvalue weighted by molar-refractivity contribution is 6.31. The van der Waals surface area contributed by atoms with E-state index < -0.39 is 0 Å². The second-order valence-corrected chi connectivity index (χ2v) is 4.06. The summed E-state index contributed by atoms with van der Waals surface area (Å²) in [5, 5.41) is 0.346. The number of halogens is 2. The predicted molar refractivity (Wildman–Crippen MR) is 52.8 cm³/mol. The fourth-order valence-corrected chi connectivity index (χ4v) is 1.64. The molecule has 0 amide bonds. The van der Waals surface area contributed by atoms with E-state index >= 15 is 0 Å². The third kappa shape index (κ3) is 2.13. The van der Waals surface area contributed by atoms with Crippen molar-refractivity contribution in [1.82, 2.24) is 0 Å². The highest BCUT2D eigenvalue weighted by atomic mass is 35.5. The van der Waals surface area contributed by atoms with E-state index in [4.69, 9.17) is 11.6 Å². The number of hydrogen-bond donors (Lipinski definition) is 0. The van der Waals surface area contributed by atoms with Gasteiger partial charge >= 0.3 is 0 Å². The number of ketones is 1. The van der Waals surface area contributed by atoms with Crippen molar-refractivity contribution in [3.8, 4) is 0 Å². The molecule has 1 aromatic carbocycles. The summed E-state index contributed by atoms with van der Waals surface area (Å²) >= 11 is 5.81. The Bertz CT molecular complexity index is 372. The molecule has 1 fully saturated rings. The average Bonchev–Trinajstić information content (AvgIpc) is 2.92. The van der Waals surface area contributed by atoms with Crippen LogP contribution in [0.2, 0.25) is 5.02 Å². The van der Waals surface area contributed by atoms with E-state index in [0.29, 0.717) is 11.4 Å². The van der Waals surface area contributed by atoms with Crippen molar-refractivity contribution in [2.45, 2.75) is 19.3 Å². The van der Waals surface area contributed by atoms with Crippen LogP contribution in [-0.2, 0) is 11.2 Å². The van der Waals surface area contributed by atoms with E-state index in [-0.39, 0.29) is 17.5 Å². The van der Waals surface area contributed by atoms with E-state index in [9.17, 15) is 9.18 Å². The second kappa shape index (κ2) is 3.70. The summed E-state index contributed by atoms with van der Waals surface area (Å²) < 4.78 is 12.7. The molecule has 0 heterocycles. The first-order chi connectivity index (χ1) is 6.66. The zero-order valence-electron chi connectivity index (χ0n) is 7.59. The number of benzene rings is 1. The van der Waals surface area contributed by atoms with Crippen molar-refractivity contribution in [3.05, 3.63) is 34.6 Å². The molecule has 1 aliphatic carbocycles. The maximum atomic E-state index is 12.7. The first-order valence-electron chi connectivity index (χ1n) is 4.63. The monoisotopic (exact) mass is 212 g/mol. The molecule has 3 heteroatoms. The number of carbonyl (C=O) groups is 1. The quantitative estimate of drug-likeness (QED) is 0.753. The molecule has 0 radical (unpaired) electrons. The minimum Gasteiger partial charge on any atom is -0.299 e. The largest absolute Gasteiger partial charge is 0.299 e. The van der Waals surface area contributed by atoms with Crippen molar-refractivity contribution in [2.24, 2.45) is 5.92 Å². The third-order valence-corrected chi connectivity index (χ3v) is 2.76. The molecule has 1 saturated carbocycles. The van der Waals surface area contributed by atoms with Gasteiger partial charge in [0.25, 0.3) is 0 Å². The van der Waals surface area contributed by atoms with Crippen molar-refractivity contribution >= 4 is 17.4 Å². The summed E-state index contributed by atoms with van der Waals surface area (Å²) in [5.74, 6) is 0.0900. The van der Waals surface area contributed by atoms with Gasteiger partial charge in [0.05, 0.1) is 0 Å². The van der Waals surface area contributed by atoms with E-state index in [1.807, 2.05) is 0 Å². The molecular formula is C11H10ClFO. The Balaban J connectivity index is 2.11. The summed E-state index contributed by atoms with van der Waals surface area (Å²) in [6.45, 7) is 0. The minimum absolute atomic E-state index is 0.221. The summed E-state index contributed by atoms with van der Waals surface area (Å²) in [4.78, 5) is 11.5. The fourth-order valence-electron chi connectivity index (χ4n) is 1.40. The van der Waals surface area contributed by atoms with Crippen LogP contribution in [0.25, 0.3) is 0 Å². The van der Waals surface area contributed by atoms with Gasteiger partial charge in [0.15, 0.2) is 0 Å². The molecule has 0 aromatic heterocycles. The summed E-state index contributed by atoms with van der Waals surface area (Å²) in [5.41, 5.74) is 0.727. The third-order valence-electron chi connectivity index (χ3n) is 2.41. The molecule has 14 heavy (non-hydrogen) atoms. The summed E-state index contributed by atoms with van der Waals surface area (Å²) in [7, 11) is 0. The molecule has 1 aliphatic rings. The van der Waals surface area contributed by atoms with Gasteiger partial charge in [0.1, 0.15) is 11.6 Å². The second-order valence-electron chi connectivity index (χ2n) is 3.65. The van der Waals surface area contributed by atoms with Gasteiger partial charge in [-0.25, -0.2) is 4.39 Å². The van der Waals surface area contributed by atoms with Crippen molar-refractivity contribution in [3.63, 3.8) is 0 Å². The van der Waals surface area contributed by atoms with Gasteiger partial charge in [-0.05, 0) is 30.5 Å². The van der Waals surface area contributed by atoms with Gasteiger partial charge in [-0.2, -0.15) is 0 Å². The number of rotatable bonds is 3. The zero-order valence-corrected chi connectivity index (χ0v) is 8.35. The lowest BCUT2D eigenvalue weighted by atomic mass is 10.1. The van der Waals surface area contributed by atoms with Gasteiger partial charge in [0, 0.05) is 17.4 Å². The van der Waals surface area contributed by atoms with Crippen molar-refractivity contribution < 1.29 is 9.18 Å². The maximum absolute atomic E-state index is 12.7. The lowest BCUT2D eigenvalue weighted by molar-refractivity contribution is -0.119. The Kier molecular flexibility index (Phi) is 2.55. The van der Waals surface area contributed by atoms with Crippen LogP contribution in [0, 0.1) is 11.7 Å². The van der Waals surface area contributed by atoms with Gasteiger partial charge in [-0.15, -0.1) is 0 Å². The van der Waals surface area contributed by atoms with Crippen LogP contribution < -0.4 is 0 Å². The lowest BCUT2D eigenvalue weighted by Crippen LogP contribution is -2.05. The molecule has 1 aromatic rings. The topological polar surface area (TPSA) is 17.1 Å². The summed E-state index contributed by atoms with van der Waals surface area (Å²) in [6, 6.07) is 4.16. The Morgan fingerprint density at radius 2 is 2.21 bits per heavy atom. The smallest absolute Gasteiger partial charge is 0.140 e. The Morgan fingerprint density at radius 1 is 1.50 bits per heavy atom. The molecule has 0 bridgehead atoms. The zero-order chi connectivity index (χ0) is 10.1. The standard InChI is InChI=1S/C11H10ClFO/c12-10-6-9(13)4-3-8(10)5-11(14)7-1-2-7/h3-4,6-7H,1-2,5H2. The van der Waals surface area contributed by atoms with Crippen LogP contribution in [-0.4, -0.2) is 5.78 Å². The van der Waals surface area contributed by atoms with Crippen LogP contribution in [0.3, 0.4) is 0 Å². The van der Waals surface area contributed by atoms with Crippen LogP contribution in [0.4, 0.5) is 4.39 Å². The van der Waals surface area contributed by atoms with Crippen LogP contribution in [0.15, 0.2) is 18.2 Å². The maximum Gasteiger partial charge on any atom is 0.140 e. The van der Waals surface area contributed by atoms with Crippen LogP contribution in [0.1, 0.15) is 18.4 Å². The number of carbonyl (C=O) groups excluding carboxylic acids is 1. The molecule has 0 N–H and O–H groups in total. The number of Topliss-reactive ketones (excluding diaryl/α,β-unsaturated/α-hetero) is 1. The van der Waals surface area contributed by atoms with E-state index in [2.05, 4.69) is 0 Å². The molecular weight excluding hydrogens is 203 g/mol. The van der Waals surface area contributed by atoms with E-state index in [1.165, 1.54) is 12.1 Å². The highest BCUT2D eigenvalue weighted by Crippen LogP contribution is 2.31. The molecule has 74 valence electrons. The number of hydrogen-bond acceptors (Lipinski definition) is 1. The molecule has 0 unspecified atom stereocenters. The van der Waals surface area contributed by atoms with Crippen LogP contribution in [0.5, 0.6) is 0 Å². The van der Waals surface area contributed by atoms with Gasteiger partial charge in [-0.1, -0.05) is 17.7 Å². The van der Waals surface area contributed by atoms with Gasteiger partial charge in [0.2, 0.25) is 0 Å². The van der Waals surface area contributed by atoms with Crippen molar-refractivity contribution in [1.29, 1.82) is 0 Å².